The third-order valence-corrected chi connectivity index (χ3v) is 7.59. The number of carbonyl (C=O) groups excluding carboxylic acids is 1. The maximum atomic E-state index is 13.4. The number of nitrogens with one attached hydrogen (secondary N) is 1. The summed E-state index contributed by atoms with van der Waals surface area (Å²) in [6.07, 6.45) is 3.85. The van der Waals surface area contributed by atoms with Gasteiger partial charge in [-0.05, 0) is 78.7 Å². The van der Waals surface area contributed by atoms with Crippen molar-refractivity contribution in [3.05, 3.63) is 70.1 Å². The number of piperidine rings is 1. The number of amides is 1. The number of benzene rings is 1. The number of allylic oxidation sites excluding steroid dienone is 2. The largest absolute Gasteiger partial charge is 0.387 e. The molecule has 0 aliphatic carbocycles. The molecule has 1 N–H and O–H groups in total. The fourth-order valence-electron chi connectivity index (χ4n) is 6.11. The fourth-order valence-corrected chi connectivity index (χ4v) is 6.11. The van der Waals surface area contributed by atoms with Crippen LogP contribution in [0.1, 0.15) is 58.1 Å². The molecule has 4 heterocycles. The van der Waals surface area contributed by atoms with Crippen LogP contribution in [0, 0.1) is 19.3 Å². The molecule has 2 atom stereocenters. The molecule has 1 aromatic carbocycles. The van der Waals surface area contributed by atoms with Gasteiger partial charge in [-0.15, -0.1) is 0 Å². The first kappa shape index (κ1) is 30.7. The van der Waals surface area contributed by atoms with Crippen LogP contribution in [0.3, 0.4) is 0 Å². The SMILES string of the molecule is CC(F)(F)F.CN=C1C(=C(C)C)C(=O)N2CCC(N3CCCC3)C3=C2C1(C)C=CNC3.Cc1cccc(C)c1. The molecule has 0 aromatic heterocycles. The van der Waals surface area contributed by atoms with Gasteiger partial charge in [-0.25, -0.2) is 0 Å². The summed E-state index contributed by atoms with van der Waals surface area (Å²) in [5.41, 5.74) is 7.63. The highest BCUT2D eigenvalue weighted by atomic mass is 19.4. The molecule has 4 aliphatic heterocycles. The van der Waals surface area contributed by atoms with Crippen LogP contribution in [0.15, 0.2) is 64.0 Å². The third kappa shape index (κ3) is 7.21. The molecule has 2 fully saturated rings. The van der Waals surface area contributed by atoms with Gasteiger partial charge >= 0.3 is 6.18 Å². The van der Waals surface area contributed by atoms with Crippen molar-refractivity contribution in [3.8, 4) is 0 Å². The maximum Gasteiger partial charge on any atom is 0.386 e. The Labute approximate surface area is 231 Å². The maximum absolute atomic E-state index is 13.4. The molecule has 5 rings (SSSR count). The lowest BCUT2D eigenvalue weighted by molar-refractivity contribution is -0.126. The molecule has 0 radical (unpaired) electrons. The van der Waals surface area contributed by atoms with Crippen molar-refractivity contribution in [2.24, 2.45) is 10.4 Å². The van der Waals surface area contributed by atoms with Gasteiger partial charge in [-0.2, -0.15) is 13.2 Å². The zero-order valence-electron chi connectivity index (χ0n) is 24.4. The van der Waals surface area contributed by atoms with Gasteiger partial charge in [-0.3, -0.25) is 14.7 Å². The smallest absolute Gasteiger partial charge is 0.386 e. The van der Waals surface area contributed by atoms with Gasteiger partial charge in [-0.1, -0.05) is 47.0 Å². The van der Waals surface area contributed by atoms with Crippen molar-refractivity contribution in [1.29, 1.82) is 0 Å². The van der Waals surface area contributed by atoms with Gasteiger partial charge in [0.2, 0.25) is 0 Å². The number of hydrogen-bond acceptors (Lipinski definition) is 4. The van der Waals surface area contributed by atoms with E-state index in [0.717, 1.165) is 36.4 Å². The molecule has 4 aliphatic rings. The van der Waals surface area contributed by atoms with Crippen molar-refractivity contribution >= 4 is 11.6 Å². The Bertz CT molecular complexity index is 1150. The number of carbonyl (C=O) groups is 1. The van der Waals surface area contributed by atoms with Crippen LogP contribution in [0.4, 0.5) is 13.2 Å². The van der Waals surface area contributed by atoms with E-state index >= 15 is 0 Å². The zero-order chi connectivity index (χ0) is 29.0. The molecule has 39 heavy (non-hydrogen) atoms. The highest BCUT2D eigenvalue weighted by Crippen LogP contribution is 2.47. The number of aryl methyl sites for hydroxylation is 2. The number of likely N-dealkylation sites (tertiary alicyclic amines) is 1. The van der Waals surface area contributed by atoms with E-state index in [0.29, 0.717) is 6.04 Å². The minimum Gasteiger partial charge on any atom is -0.387 e. The Morgan fingerprint density at radius 3 is 2.18 bits per heavy atom. The summed E-state index contributed by atoms with van der Waals surface area (Å²) >= 11 is 0. The topological polar surface area (TPSA) is 47.9 Å². The molecule has 0 bridgehead atoms. The quantitative estimate of drug-likeness (QED) is 0.419. The molecule has 8 heteroatoms. The first-order valence-corrected chi connectivity index (χ1v) is 13.7. The van der Waals surface area contributed by atoms with E-state index in [-0.39, 0.29) is 18.2 Å². The Kier molecular flexibility index (Phi) is 9.86. The van der Waals surface area contributed by atoms with E-state index < -0.39 is 6.18 Å². The number of rotatable bonds is 1. The summed E-state index contributed by atoms with van der Waals surface area (Å²) in [6.45, 7) is 14.6. The highest BCUT2D eigenvalue weighted by molar-refractivity contribution is 6.28. The third-order valence-electron chi connectivity index (χ3n) is 7.59. The molecule has 1 amide bonds. The van der Waals surface area contributed by atoms with E-state index in [4.69, 9.17) is 0 Å². The molecule has 214 valence electrons. The summed E-state index contributed by atoms with van der Waals surface area (Å²) in [7, 11) is 1.82. The van der Waals surface area contributed by atoms with Crippen LogP contribution >= 0.6 is 0 Å². The minimum atomic E-state index is -4.00. The Morgan fingerprint density at radius 2 is 1.69 bits per heavy atom. The predicted molar refractivity (Wildman–Crippen MR) is 153 cm³/mol. The van der Waals surface area contributed by atoms with Crippen molar-refractivity contribution < 1.29 is 18.0 Å². The molecule has 1 aromatic rings. The molecular weight excluding hydrogens is 501 g/mol. The van der Waals surface area contributed by atoms with E-state index in [1.165, 1.54) is 48.3 Å². The number of alkyl halides is 3. The summed E-state index contributed by atoms with van der Waals surface area (Å²) < 4.78 is 31.1. The minimum absolute atomic E-state index is 0.130. The van der Waals surface area contributed by atoms with Gasteiger partial charge in [0.25, 0.3) is 5.91 Å². The van der Waals surface area contributed by atoms with Gasteiger partial charge in [0.15, 0.2) is 0 Å². The summed E-state index contributed by atoms with van der Waals surface area (Å²) in [5.74, 6) is 0.130. The molecule has 2 unspecified atom stereocenters. The fraction of sp³-hybridized carbons (Fsp3) is 0.548. The Hall–Kier alpha value is -2.87. The van der Waals surface area contributed by atoms with Crippen LogP contribution < -0.4 is 5.32 Å². The summed E-state index contributed by atoms with van der Waals surface area (Å²) in [6, 6.07) is 8.89. The molecule has 2 saturated heterocycles. The average molecular weight is 545 g/mol. The molecule has 5 nitrogen and oxygen atoms in total. The Balaban J connectivity index is 0.000000267. The van der Waals surface area contributed by atoms with E-state index in [2.05, 4.69) is 77.4 Å². The van der Waals surface area contributed by atoms with Crippen molar-refractivity contribution in [3.63, 3.8) is 0 Å². The summed E-state index contributed by atoms with van der Waals surface area (Å²) in [4.78, 5) is 22.7. The first-order valence-electron chi connectivity index (χ1n) is 13.7. The first-order chi connectivity index (χ1) is 18.3. The normalized spacial score (nSPS) is 25.7. The second-order valence-electron chi connectivity index (χ2n) is 11.2. The Morgan fingerprint density at radius 1 is 1.10 bits per heavy atom. The van der Waals surface area contributed by atoms with Crippen LogP contribution in [0.5, 0.6) is 0 Å². The lowest BCUT2D eigenvalue weighted by Gasteiger charge is -2.49. The number of hydrogen-bond donors (Lipinski definition) is 1. The van der Waals surface area contributed by atoms with Gasteiger partial charge in [0.1, 0.15) is 0 Å². The van der Waals surface area contributed by atoms with Crippen LogP contribution in [0.2, 0.25) is 0 Å². The van der Waals surface area contributed by atoms with Crippen LogP contribution in [0.25, 0.3) is 0 Å². The lowest BCUT2D eigenvalue weighted by Crippen LogP contribution is -2.56. The van der Waals surface area contributed by atoms with E-state index in [1.807, 2.05) is 20.9 Å². The van der Waals surface area contributed by atoms with Crippen LogP contribution in [-0.2, 0) is 4.79 Å². The van der Waals surface area contributed by atoms with Gasteiger partial charge in [0.05, 0.1) is 16.7 Å². The molecule has 0 spiro atoms. The summed E-state index contributed by atoms with van der Waals surface area (Å²) in [5, 5.41) is 3.47. The van der Waals surface area contributed by atoms with Crippen LogP contribution in [-0.4, -0.2) is 66.9 Å². The standard InChI is InChI=1S/C21H30N4O.C8H10.C2H3F3/c1-14(2)17-18(22-4)21(3)8-9-23-13-15-16(24-10-5-6-11-24)7-12-25(19(15)21)20(17)26;1-7-4-3-5-8(2)6-7;1-2(3,4)5/h8-9,16,23H,5-7,10-13H2,1-4H3;3-6H,1-2H3;1H3. The number of aliphatic imine (C=N–C) groups is 1. The number of halogens is 3. The molecule has 0 saturated carbocycles. The zero-order valence-corrected chi connectivity index (χ0v) is 24.4. The van der Waals surface area contributed by atoms with Crippen molar-refractivity contribution in [1.82, 2.24) is 15.1 Å². The second-order valence-corrected chi connectivity index (χ2v) is 11.2. The predicted octanol–water partition coefficient (Wildman–Crippen LogP) is 6.35. The monoisotopic (exact) mass is 544 g/mol. The highest BCUT2D eigenvalue weighted by Gasteiger charge is 2.51. The van der Waals surface area contributed by atoms with E-state index in [1.54, 1.807) is 0 Å². The van der Waals surface area contributed by atoms with E-state index in [9.17, 15) is 18.0 Å². The molecular formula is C31H43F3N4O. The lowest BCUT2D eigenvalue weighted by atomic mass is 9.69. The van der Waals surface area contributed by atoms with Gasteiger partial charge < -0.3 is 10.2 Å². The average Bonchev–Trinajstić information content (AvgIpc) is 3.31. The van der Waals surface area contributed by atoms with Crippen molar-refractivity contribution in [2.45, 2.75) is 73.0 Å². The van der Waals surface area contributed by atoms with Crippen molar-refractivity contribution in [2.75, 3.05) is 33.2 Å². The second kappa shape index (κ2) is 12.5. The number of nitrogens with zero attached hydrogens (tertiary/aromatic N) is 3. The van der Waals surface area contributed by atoms with Gasteiger partial charge in [0, 0.05) is 38.8 Å².